The highest BCUT2D eigenvalue weighted by Gasteiger charge is 2.11. The number of hydrogen-bond donors (Lipinski definition) is 2. The molecule has 0 fully saturated rings. The van der Waals surface area contributed by atoms with Crippen molar-refractivity contribution in [1.82, 2.24) is 9.97 Å². The molecule has 0 saturated heterocycles. The zero-order valence-corrected chi connectivity index (χ0v) is 7.47. The van der Waals surface area contributed by atoms with Gasteiger partial charge in [-0.25, -0.2) is 9.78 Å². The van der Waals surface area contributed by atoms with E-state index in [0.717, 1.165) is 0 Å². The Hall–Kier alpha value is -1.67. The van der Waals surface area contributed by atoms with Crippen molar-refractivity contribution in [3.63, 3.8) is 0 Å². The van der Waals surface area contributed by atoms with Crippen LogP contribution in [0.2, 0.25) is 0 Å². The second-order valence-electron chi connectivity index (χ2n) is 2.33. The minimum Gasteiger partial charge on any atom is -0.392 e. The van der Waals surface area contributed by atoms with Crippen LogP contribution < -0.4 is 11.4 Å². The summed E-state index contributed by atoms with van der Waals surface area (Å²) in [5.41, 5.74) is 5.41. The van der Waals surface area contributed by atoms with Crippen LogP contribution in [0.15, 0.2) is 17.1 Å². The molecule has 13 heavy (non-hydrogen) atoms. The van der Waals surface area contributed by atoms with Crippen molar-refractivity contribution in [2.75, 3.05) is 0 Å². The van der Waals surface area contributed by atoms with Crippen LogP contribution in [-0.4, -0.2) is 15.0 Å². The number of aromatic amines is 1. The molecule has 1 rings (SSSR count). The first-order valence-corrected chi connectivity index (χ1v) is 3.86. The van der Waals surface area contributed by atoms with Crippen LogP contribution in [0.4, 0.5) is 0 Å². The Kier molecular flexibility index (Phi) is 2.77. The third-order valence-corrected chi connectivity index (χ3v) is 1.70. The highest BCUT2D eigenvalue weighted by molar-refractivity contribution is 7.80. The fraction of sp³-hybridized carbons (Fsp3) is 0.125. The van der Waals surface area contributed by atoms with E-state index in [1.807, 2.05) is 0 Å². The highest BCUT2D eigenvalue weighted by atomic mass is 32.1. The standard InChI is InChI=1S/C8H7N3OS/c1-2-5(7(9)13)6-3-4-10-8(12)11-6/h1,3-5H,(H2,9,13)(H,10,11,12). The van der Waals surface area contributed by atoms with E-state index in [0.29, 0.717) is 5.69 Å². The Balaban J connectivity index is 3.14. The molecule has 0 bridgehead atoms. The van der Waals surface area contributed by atoms with Crippen LogP contribution in [0.25, 0.3) is 0 Å². The number of aromatic nitrogens is 2. The molecule has 1 aromatic rings. The quantitative estimate of drug-likeness (QED) is 0.503. The zero-order valence-electron chi connectivity index (χ0n) is 6.65. The number of nitrogens with two attached hydrogens (primary N) is 1. The molecular formula is C8H7N3OS. The Morgan fingerprint density at radius 3 is 3.00 bits per heavy atom. The SMILES string of the molecule is C#CC(C(N)=S)c1ccnc(=O)[nH]1. The average molecular weight is 193 g/mol. The lowest BCUT2D eigenvalue weighted by atomic mass is 10.1. The summed E-state index contributed by atoms with van der Waals surface area (Å²) in [4.78, 5) is 16.9. The molecule has 1 unspecified atom stereocenters. The van der Waals surface area contributed by atoms with Gasteiger partial charge in [0.1, 0.15) is 5.92 Å². The van der Waals surface area contributed by atoms with Gasteiger partial charge in [0.2, 0.25) is 0 Å². The normalized spacial score (nSPS) is 11.6. The minimum atomic E-state index is -0.536. The number of nitrogens with zero attached hydrogens (tertiary/aromatic N) is 1. The van der Waals surface area contributed by atoms with Crippen LogP contribution in [0.3, 0.4) is 0 Å². The molecule has 1 atom stereocenters. The Morgan fingerprint density at radius 2 is 2.54 bits per heavy atom. The van der Waals surface area contributed by atoms with E-state index in [9.17, 15) is 4.79 Å². The fourth-order valence-electron chi connectivity index (χ4n) is 0.876. The molecule has 66 valence electrons. The van der Waals surface area contributed by atoms with Crippen molar-refractivity contribution in [2.45, 2.75) is 5.92 Å². The second-order valence-corrected chi connectivity index (χ2v) is 2.80. The molecule has 1 heterocycles. The van der Waals surface area contributed by atoms with Gasteiger partial charge in [0.25, 0.3) is 0 Å². The molecule has 0 aliphatic carbocycles. The van der Waals surface area contributed by atoms with Crippen LogP contribution >= 0.6 is 12.2 Å². The van der Waals surface area contributed by atoms with Crippen molar-refractivity contribution in [2.24, 2.45) is 5.73 Å². The van der Waals surface area contributed by atoms with E-state index in [2.05, 4.69) is 15.9 Å². The molecule has 0 saturated carbocycles. The van der Waals surface area contributed by atoms with Crippen molar-refractivity contribution in [1.29, 1.82) is 0 Å². The van der Waals surface area contributed by atoms with Gasteiger partial charge < -0.3 is 10.7 Å². The number of H-pyrrole nitrogens is 1. The fourth-order valence-corrected chi connectivity index (χ4v) is 1.07. The molecule has 1 aromatic heterocycles. The van der Waals surface area contributed by atoms with E-state index < -0.39 is 11.6 Å². The largest absolute Gasteiger partial charge is 0.392 e. The summed E-state index contributed by atoms with van der Waals surface area (Å²) >= 11 is 4.73. The molecule has 0 aliphatic rings. The van der Waals surface area contributed by atoms with Crippen molar-refractivity contribution >= 4 is 17.2 Å². The summed E-state index contributed by atoms with van der Waals surface area (Å²) in [7, 11) is 0. The van der Waals surface area contributed by atoms with Crippen LogP contribution in [-0.2, 0) is 0 Å². The molecular weight excluding hydrogens is 186 g/mol. The summed E-state index contributed by atoms with van der Waals surface area (Å²) in [6.45, 7) is 0. The van der Waals surface area contributed by atoms with Crippen LogP contribution in [0, 0.1) is 12.3 Å². The monoisotopic (exact) mass is 193 g/mol. The second kappa shape index (κ2) is 3.83. The Labute approximate surface area is 80.2 Å². The topological polar surface area (TPSA) is 71.8 Å². The van der Waals surface area contributed by atoms with Gasteiger partial charge in [0, 0.05) is 11.9 Å². The number of thiocarbonyl (C=S) groups is 1. The van der Waals surface area contributed by atoms with E-state index in [4.69, 9.17) is 24.4 Å². The maximum absolute atomic E-state index is 10.8. The molecule has 0 aromatic carbocycles. The Morgan fingerprint density at radius 1 is 1.85 bits per heavy atom. The number of hydrogen-bond acceptors (Lipinski definition) is 3. The smallest absolute Gasteiger partial charge is 0.345 e. The highest BCUT2D eigenvalue weighted by Crippen LogP contribution is 2.09. The van der Waals surface area contributed by atoms with Crippen molar-refractivity contribution < 1.29 is 0 Å². The van der Waals surface area contributed by atoms with Gasteiger partial charge in [-0.1, -0.05) is 18.1 Å². The lowest BCUT2D eigenvalue weighted by Gasteiger charge is -2.06. The van der Waals surface area contributed by atoms with Gasteiger partial charge in [-0.05, 0) is 6.07 Å². The van der Waals surface area contributed by atoms with Crippen molar-refractivity contribution in [3.05, 3.63) is 28.4 Å². The minimum absolute atomic E-state index is 0.157. The van der Waals surface area contributed by atoms with Gasteiger partial charge in [0.05, 0.1) is 4.99 Å². The third-order valence-electron chi connectivity index (χ3n) is 1.46. The lowest BCUT2D eigenvalue weighted by Crippen LogP contribution is -2.22. The predicted octanol–water partition coefficient (Wildman–Crippen LogP) is -0.227. The van der Waals surface area contributed by atoms with Gasteiger partial charge in [0.15, 0.2) is 0 Å². The van der Waals surface area contributed by atoms with E-state index in [1.165, 1.54) is 6.20 Å². The van der Waals surface area contributed by atoms with Gasteiger partial charge in [-0.2, -0.15) is 0 Å². The molecule has 0 aliphatic heterocycles. The number of terminal acetylenes is 1. The Bertz CT molecular complexity index is 418. The predicted molar refractivity (Wildman–Crippen MR) is 53.2 cm³/mol. The van der Waals surface area contributed by atoms with Crippen molar-refractivity contribution in [3.8, 4) is 12.3 Å². The molecule has 0 amide bonds. The van der Waals surface area contributed by atoms with Gasteiger partial charge in [-0.15, -0.1) is 6.42 Å². The maximum atomic E-state index is 10.8. The molecule has 0 radical (unpaired) electrons. The summed E-state index contributed by atoms with van der Waals surface area (Å²) in [6, 6.07) is 1.57. The summed E-state index contributed by atoms with van der Waals surface area (Å²) in [6.07, 6.45) is 6.55. The zero-order chi connectivity index (χ0) is 9.84. The lowest BCUT2D eigenvalue weighted by molar-refractivity contribution is 0.970. The van der Waals surface area contributed by atoms with E-state index in [-0.39, 0.29) is 4.99 Å². The molecule has 5 heteroatoms. The van der Waals surface area contributed by atoms with Crippen LogP contribution in [0.1, 0.15) is 11.6 Å². The maximum Gasteiger partial charge on any atom is 0.345 e. The molecule has 4 nitrogen and oxygen atoms in total. The molecule has 0 spiro atoms. The first kappa shape index (κ1) is 9.42. The number of rotatable bonds is 2. The average Bonchev–Trinajstić information content (AvgIpc) is 2.04. The number of nitrogens with one attached hydrogen (secondary N) is 1. The van der Waals surface area contributed by atoms with E-state index >= 15 is 0 Å². The van der Waals surface area contributed by atoms with Crippen LogP contribution in [0.5, 0.6) is 0 Å². The first-order chi connectivity index (χ1) is 6.15. The van der Waals surface area contributed by atoms with Gasteiger partial charge >= 0.3 is 5.69 Å². The first-order valence-electron chi connectivity index (χ1n) is 3.46. The van der Waals surface area contributed by atoms with E-state index in [1.54, 1.807) is 6.07 Å². The summed E-state index contributed by atoms with van der Waals surface area (Å²) in [5.74, 6) is 1.84. The summed E-state index contributed by atoms with van der Waals surface area (Å²) < 4.78 is 0. The molecule has 3 N–H and O–H groups in total. The van der Waals surface area contributed by atoms with Gasteiger partial charge in [-0.3, -0.25) is 0 Å². The summed E-state index contributed by atoms with van der Waals surface area (Å²) in [5, 5.41) is 0. The third kappa shape index (κ3) is 2.13.